The number of carbonyl (C=O) groups is 3. The van der Waals surface area contributed by atoms with Crippen molar-refractivity contribution < 1.29 is 39.2 Å². The fourth-order valence-corrected chi connectivity index (χ4v) is 3.30. The van der Waals surface area contributed by atoms with E-state index in [2.05, 4.69) is 4.90 Å². The highest BCUT2D eigenvalue weighted by Crippen LogP contribution is 2.15. The maximum atomic E-state index is 10.9. The minimum atomic E-state index is -0.547. The number of morpholine rings is 1. The fourth-order valence-electron chi connectivity index (χ4n) is 3.30. The smallest absolute Gasteiger partial charge is 0.290 e. The minimum absolute atomic E-state index is 0.187. The maximum absolute atomic E-state index is 10.9. The zero-order valence-corrected chi connectivity index (χ0v) is 18.8. The quantitative estimate of drug-likeness (QED) is 0.367. The van der Waals surface area contributed by atoms with E-state index in [1.54, 1.807) is 0 Å². The molecule has 1 fully saturated rings. The second-order valence-corrected chi connectivity index (χ2v) is 7.43. The highest BCUT2D eigenvalue weighted by atomic mass is 16.5. The molecule has 1 unspecified atom stereocenters. The lowest BCUT2D eigenvalue weighted by molar-refractivity contribution is -0.123. The molecule has 2 rings (SSSR count). The van der Waals surface area contributed by atoms with Gasteiger partial charge in [-0.05, 0) is 38.6 Å². The molecule has 1 amide bonds. The SMILES string of the molecule is C[C@@H]1CN(CC(O)COc2ccc(CN(C)CC(N)=O)cc2)C[C@H](C)O1.O=CO.O=CO. The fraction of sp³-hybridized carbons (Fsp3) is 0.571. The van der Waals surface area contributed by atoms with Crippen molar-refractivity contribution in [2.45, 2.75) is 38.7 Å². The molecular formula is C21H35N3O8. The molecule has 32 heavy (non-hydrogen) atoms. The van der Waals surface area contributed by atoms with Crippen molar-refractivity contribution in [1.82, 2.24) is 9.80 Å². The van der Waals surface area contributed by atoms with Crippen LogP contribution in [0.3, 0.4) is 0 Å². The number of carbonyl (C=O) groups excluding carboxylic acids is 1. The average molecular weight is 458 g/mol. The number of carboxylic acid groups (broad SMARTS) is 2. The second-order valence-electron chi connectivity index (χ2n) is 7.43. The first-order valence-corrected chi connectivity index (χ1v) is 10.0. The van der Waals surface area contributed by atoms with Crippen molar-refractivity contribution in [1.29, 1.82) is 0 Å². The van der Waals surface area contributed by atoms with Crippen LogP contribution in [0.25, 0.3) is 0 Å². The standard InChI is InChI=1S/C19H31N3O4.2CH2O2/c1-14-8-22(9-15(2)26-14)11-17(23)13-25-18-6-4-16(5-7-18)10-21(3)12-19(20)24;2*2-1-3/h4-7,14-15,17,23H,8-13H2,1-3H3,(H2,20,24);2*1H,(H,2,3)/t14-,15+,17?;;. The molecule has 1 aromatic rings. The number of primary amides is 1. The van der Waals surface area contributed by atoms with E-state index in [1.165, 1.54) is 0 Å². The van der Waals surface area contributed by atoms with E-state index in [-0.39, 0.29) is 44.2 Å². The van der Waals surface area contributed by atoms with Gasteiger partial charge in [-0.3, -0.25) is 24.2 Å². The first kappa shape index (κ1) is 29.3. The zero-order chi connectivity index (χ0) is 24.5. The number of aliphatic hydroxyl groups is 1. The van der Waals surface area contributed by atoms with Crippen LogP contribution in [0.4, 0.5) is 0 Å². The van der Waals surface area contributed by atoms with Crippen molar-refractivity contribution in [2.24, 2.45) is 5.73 Å². The molecule has 1 saturated heterocycles. The van der Waals surface area contributed by atoms with E-state index >= 15 is 0 Å². The number of hydrogen-bond acceptors (Lipinski definition) is 8. The van der Waals surface area contributed by atoms with Crippen molar-refractivity contribution >= 4 is 18.9 Å². The van der Waals surface area contributed by atoms with Crippen LogP contribution in [0.15, 0.2) is 24.3 Å². The number of rotatable bonds is 9. The number of aliphatic hydroxyl groups excluding tert-OH is 1. The van der Waals surface area contributed by atoms with Crippen molar-refractivity contribution in [3.63, 3.8) is 0 Å². The Balaban J connectivity index is 0.00000144. The summed E-state index contributed by atoms with van der Waals surface area (Å²) in [6.07, 6.45) is -0.173. The molecule has 1 aromatic carbocycles. The van der Waals surface area contributed by atoms with Crippen LogP contribution >= 0.6 is 0 Å². The van der Waals surface area contributed by atoms with Gasteiger partial charge in [0.25, 0.3) is 12.9 Å². The molecule has 182 valence electrons. The molecular weight excluding hydrogens is 422 g/mol. The highest BCUT2D eigenvalue weighted by Gasteiger charge is 2.23. The zero-order valence-electron chi connectivity index (χ0n) is 18.8. The Morgan fingerprint density at radius 1 is 1.22 bits per heavy atom. The summed E-state index contributed by atoms with van der Waals surface area (Å²) in [5.41, 5.74) is 6.25. The van der Waals surface area contributed by atoms with Gasteiger partial charge in [-0.2, -0.15) is 0 Å². The summed E-state index contributed by atoms with van der Waals surface area (Å²) in [5.74, 6) is 0.375. The van der Waals surface area contributed by atoms with E-state index in [9.17, 15) is 9.90 Å². The number of benzene rings is 1. The minimum Gasteiger partial charge on any atom is -0.491 e. The Morgan fingerprint density at radius 2 is 1.72 bits per heavy atom. The molecule has 0 bridgehead atoms. The van der Waals surface area contributed by atoms with Crippen molar-refractivity contribution in [2.75, 3.05) is 39.8 Å². The first-order valence-electron chi connectivity index (χ1n) is 10.0. The van der Waals surface area contributed by atoms with Gasteiger partial charge in [0, 0.05) is 26.2 Å². The Bertz CT molecular complexity index is 643. The molecule has 0 aliphatic carbocycles. The van der Waals surface area contributed by atoms with Crippen LogP contribution in [0.5, 0.6) is 5.75 Å². The summed E-state index contributed by atoms with van der Waals surface area (Å²) in [4.78, 5) is 31.7. The van der Waals surface area contributed by atoms with Gasteiger partial charge < -0.3 is 30.5 Å². The van der Waals surface area contributed by atoms with Crippen molar-refractivity contribution in [3.8, 4) is 5.75 Å². The van der Waals surface area contributed by atoms with Crippen LogP contribution in [0, 0.1) is 0 Å². The first-order chi connectivity index (χ1) is 15.1. The average Bonchev–Trinajstić information content (AvgIpc) is 2.67. The van der Waals surface area contributed by atoms with Gasteiger partial charge in [0.2, 0.25) is 5.91 Å². The molecule has 5 N–H and O–H groups in total. The van der Waals surface area contributed by atoms with Crippen LogP contribution in [-0.4, -0.2) is 102 Å². The van der Waals surface area contributed by atoms with Gasteiger partial charge in [-0.25, -0.2) is 0 Å². The lowest BCUT2D eigenvalue weighted by Crippen LogP contribution is -2.48. The third-order valence-corrected chi connectivity index (χ3v) is 4.21. The third-order valence-electron chi connectivity index (χ3n) is 4.21. The number of amides is 1. The number of hydrogen-bond donors (Lipinski definition) is 4. The maximum Gasteiger partial charge on any atom is 0.290 e. The highest BCUT2D eigenvalue weighted by molar-refractivity contribution is 5.75. The monoisotopic (exact) mass is 457 g/mol. The molecule has 0 spiro atoms. The molecule has 11 nitrogen and oxygen atoms in total. The number of nitrogens with two attached hydrogens (primary N) is 1. The number of nitrogens with zero attached hydrogens (tertiary/aromatic N) is 2. The second kappa shape index (κ2) is 16.9. The summed E-state index contributed by atoms with van der Waals surface area (Å²) >= 11 is 0. The molecule has 1 aliphatic heterocycles. The molecule has 0 aromatic heterocycles. The normalized spacial score (nSPS) is 18.9. The molecule has 3 atom stereocenters. The predicted octanol–water partition coefficient (Wildman–Crippen LogP) is -0.146. The number of ether oxygens (including phenoxy) is 2. The van der Waals surface area contributed by atoms with Gasteiger partial charge in [0.15, 0.2) is 0 Å². The lowest BCUT2D eigenvalue weighted by atomic mass is 10.2. The summed E-state index contributed by atoms with van der Waals surface area (Å²) in [7, 11) is 1.85. The molecule has 11 heteroatoms. The van der Waals surface area contributed by atoms with Crippen LogP contribution < -0.4 is 10.5 Å². The van der Waals surface area contributed by atoms with Gasteiger partial charge in [0.05, 0.1) is 18.8 Å². The molecule has 0 radical (unpaired) electrons. The largest absolute Gasteiger partial charge is 0.491 e. The predicted molar refractivity (Wildman–Crippen MR) is 117 cm³/mol. The summed E-state index contributed by atoms with van der Waals surface area (Å²) < 4.78 is 11.4. The molecule has 1 aliphatic rings. The van der Waals surface area contributed by atoms with E-state index in [0.29, 0.717) is 18.8 Å². The van der Waals surface area contributed by atoms with E-state index in [1.807, 2.05) is 50.1 Å². The van der Waals surface area contributed by atoms with Gasteiger partial charge in [0.1, 0.15) is 18.5 Å². The van der Waals surface area contributed by atoms with E-state index < -0.39 is 6.10 Å². The lowest BCUT2D eigenvalue weighted by Gasteiger charge is -2.36. The topological polar surface area (TPSA) is 163 Å². The summed E-state index contributed by atoms with van der Waals surface area (Å²) in [6.45, 7) is 6.95. The van der Waals surface area contributed by atoms with Crippen molar-refractivity contribution in [3.05, 3.63) is 29.8 Å². The Labute approximate surface area is 188 Å². The summed E-state index contributed by atoms with van der Waals surface area (Å²) in [5, 5.41) is 24.0. The van der Waals surface area contributed by atoms with E-state index in [4.69, 9.17) is 35.0 Å². The van der Waals surface area contributed by atoms with Crippen LogP contribution in [-0.2, 0) is 25.7 Å². The molecule has 0 saturated carbocycles. The van der Waals surface area contributed by atoms with Gasteiger partial charge in [-0.1, -0.05) is 12.1 Å². The number of β-amino-alcohol motifs (C(OH)–C–C–N with tert-alkyl or cyclic N) is 1. The van der Waals surface area contributed by atoms with Gasteiger partial charge >= 0.3 is 0 Å². The van der Waals surface area contributed by atoms with E-state index in [0.717, 1.165) is 18.7 Å². The molecule has 1 heterocycles. The third kappa shape index (κ3) is 14.3. The Kier molecular flexibility index (Phi) is 15.5. The van der Waals surface area contributed by atoms with Crippen LogP contribution in [0.2, 0.25) is 0 Å². The summed E-state index contributed by atoms with van der Waals surface area (Å²) in [6, 6.07) is 7.65. The van der Waals surface area contributed by atoms with Crippen LogP contribution in [0.1, 0.15) is 19.4 Å². The van der Waals surface area contributed by atoms with Gasteiger partial charge in [-0.15, -0.1) is 0 Å². The Morgan fingerprint density at radius 3 is 2.19 bits per heavy atom. The number of likely N-dealkylation sites (N-methyl/N-ethyl adjacent to an activating group) is 1. The Hall–Kier alpha value is -2.73.